The van der Waals surface area contributed by atoms with Crippen LogP contribution < -0.4 is 9.41 Å². The van der Waals surface area contributed by atoms with E-state index in [1.807, 2.05) is 20.0 Å². The van der Waals surface area contributed by atoms with E-state index in [4.69, 9.17) is 30.5 Å². The summed E-state index contributed by atoms with van der Waals surface area (Å²) in [5, 5.41) is 0.462. The average molecular weight is 485 g/mol. The quantitative estimate of drug-likeness (QED) is 0.617. The van der Waals surface area contributed by atoms with Crippen LogP contribution in [0, 0.1) is 0 Å². The zero-order valence-electron chi connectivity index (χ0n) is 19.6. The third-order valence-electron chi connectivity index (χ3n) is 4.30. The standard InChI is InChI=1S/C19H25ClN2O3S.C4H8O2/c1-12(2)25-11-13-10-22(19(3,4)5)26-18(13)21-17(23)15-9-14(20)7-8-16(15)24-6;1-2-6-4-3-5-1/h7-10,12H,11H2,1-6H3;1-4H2. The fourth-order valence-corrected chi connectivity index (χ4v) is 3.76. The van der Waals surface area contributed by atoms with Crippen molar-refractivity contribution in [3.63, 3.8) is 0 Å². The molecule has 1 saturated heterocycles. The molecule has 9 heteroatoms. The van der Waals surface area contributed by atoms with Crippen molar-refractivity contribution in [3.8, 4) is 5.75 Å². The first kappa shape index (κ1) is 26.5. The highest BCUT2D eigenvalue weighted by atomic mass is 35.5. The number of rotatable bonds is 5. The second-order valence-corrected chi connectivity index (χ2v) is 9.79. The second-order valence-electron chi connectivity index (χ2n) is 8.39. The van der Waals surface area contributed by atoms with E-state index in [0.29, 0.717) is 27.6 Å². The van der Waals surface area contributed by atoms with Crippen LogP contribution in [0.1, 0.15) is 50.5 Å². The summed E-state index contributed by atoms with van der Waals surface area (Å²) in [6, 6.07) is 4.91. The van der Waals surface area contributed by atoms with Crippen LogP contribution in [0.2, 0.25) is 5.02 Å². The van der Waals surface area contributed by atoms with Crippen LogP contribution in [0.5, 0.6) is 5.75 Å². The topological polar surface area (TPSA) is 71.3 Å². The molecule has 0 atom stereocenters. The number of aromatic nitrogens is 1. The van der Waals surface area contributed by atoms with Crippen molar-refractivity contribution in [2.45, 2.75) is 52.9 Å². The van der Waals surface area contributed by atoms with E-state index in [0.717, 1.165) is 32.0 Å². The zero-order chi connectivity index (χ0) is 23.7. The Morgan fingerprint density at radius 2 is 1.84 bits per heavy atom. The van der Waals surface area contributed by atoms with Crippen molar-refractivity contribution in [1.29, 1.82) is 0 Å². The van der Waals surface area contributed by atoms with Crippen molar-refractivity contribution >= 4 is 29.0 Å². The lowest BCUT2D eigenvalue weighted by Gasteiger charge is -2.19. The van der Waals surface area contributed by atoms with Gasteiger partial charge < -0.3 is 18.9 Å². The van der Waals surface area contributed by atoms with Crippen molar-refractivity contribution in [2.24, 2.45) is 4.99 Å². The Bertz CT molecular complexity index is 931. The van der Waals surface area contributed by atoms with Gasteiger partial charge >= 0.3 is 0 Å². The van der Waals surface area contributed by atoms with Gasteiger partial charge in [0.05, 0.1) is 51.8 Å². The van der Waals surface area contributed by atoms with Gasteiger partial charge in [0.2, 0.25) is 0 Å². The maximum atomic E-state index is 12.7. The lowest BCUT2D eigenvalue weighted by atomic mass is 10.1. The van der Waals surface area contributed by atoms with Crippen LogP contribution in [-0.2, 0) is 26.4 Å². The molecule has 178 valence electrons. The molecule has 0 unspecified atom stereocenters. The first-order valence-electron chi connectivity index (χ1n) is 10.5. The van der Waals surface area contributed by atoms with Crippen molar-refractivity contribution < 1.29 is 23.7 Å². The average Bonchev–Trinajstić information content (AvgIpc) is 3.17. The molecule has 2 aromatic rings. The fourth-order valence-electron chi connectivity index (χ4n) is 2.59. The molecule has 1 aliphatic heterocycles. The monoisotopic (exact) mass is 484 g/mol. The molecule has 0 saturated carbocycles. The van der Waals surface area contributed by atoms with Crippen LogP contribution in [0.25, 0.3) is 0 Å². The van der Waals surface area contributed by atoms with Crippen LogP contribution in [0.15, 0.2) is 29.4 Å². The lowest BCUT2D eigenvalue weighted by Crippen LogP contribution is -2.18. The highest BCUT2D eigenvalue weighted by Crippen LogP contribution is 2.24. The summed E-state index contributed by atoms with van der Waals surface area (Å²) in [6.45, 7) is 13.8. The lowest BCUT2D eigenvalue weighted by molar-refractivity contribution is -0.0334. The molecule has 0 bridgehead atoms. The van der Waals surface area contributed by atoms with Crippen molar-refractivity contribution in [1.82, 2.24) is 3.96 Å². The molecule has 7 nitrogen and oxygen atoms in total. The minimum Gasteiger partial charge on any atom is -0.496 e. The van der Waals surface area contributed by atoms with Crippen molar-refractivity contribution in [3.05, 3.63) is 45.2 Å². The summed E-state index contributed by atoms with van der Waals surface area (Å²) in [4.78, 5) is 17.1. The predicted molar refractivity (Wildman–Crippen MR) is 127 cm³/mol. The van der Waals surface area contributed by atoms with Gasteiger partial charge in [0.1, 0.15) is 10.4 Å². The molecule has 0 aliphatic carbocycles. The fraction of sp³-hybridized carbons (Fsp3) is 0.565. The molecule has 0 radical (unpaired) electrons. The number of hydrogen-bond donors (Lipinski definition) is 0. The first-order valence-corrected chi connectivity index (χ1v) is 11.7. The third-order valence-corrected chi connectivity index (χ3v) is 5.92. The number of hydrogen-bond acceptors (Lipinski definition) is 6. The number of carbonyl (C=O) groups excluding carboxylic acids is 1. The Hall–Kier alpha value is -1.71. The van der Waals surface area contributed by atoms with E-state index in [1.54, 1.807) is 18.2 Å². The molecule has 1 amide bonds. The number of methoxy groups -OCH3 is 1. The molecular formula is C23H33ClN2O5S. The summed E-state index contributed by atoms with van der Waals surface area (Å²) >= 11 is 7.46. The van der Waals surface area contributed by atoms with Gasteiger partial charge in [0, 0.05) is 22.3 Å². The third kappa shape index (κ3) is 8.33. The summed E-state index contributed by atoms with van der Waals surface area (Å²) in [5.41, 5.74) is 1.11. The van der Waals surface area contributed by atoms with Gasteiger partial charge in [-0.25, -0.2) is 0 Å². The van der Waals surface area contributed by atoms with Gasteiger partial charge in [-0.2, -0.15) is 4.99 Å². The molecule has 2 heterocycles. The normalized spacial score (nSPS) is 14.8. The van der Waals surface area contributed by atoms with E-state index in [-0.39, 0.29) is 11.6 Å². The zero-order valence-corrected chi connectivity index (χ0v) is 21.2. The minimum absolute atomic E-state index is 0.0922. The van der Waals surface area contributed by atoms with Gasteiger partial charge in [-0.1, -0.05) is 11.6 Å². The van der Waals surface area contributed by atoms with Crippen molar-refractivity contribution in [2.75, 3.05) is 33.5 Å². The highest BCUT2D eigenvalue weighted by Gasteiger charge is 2.18. The molecule has 0 spiro atoms. The number of benzene rings is 1. The van der Waals surface area contributed by atoms with Crippen LogP contribution >= 0.6 is 23.1 Å². The van der Waals surface area contributed by atoms with E-state index in [1.165, 1.54) is 18.6 Å². The van der Waals surface area contributed by atoms with Crippen LogP contribution in [0.3, 0.4) is 0 Å². The van der Waals surface area contributed by atoms with Gasteiger partial charge in [0.25, 0.3) is 5.91 Å². The number of carbonyl (C=O) groups is 1. The molecular weight excluding hydrogens is 452 g/mol. The Labute approximate surface area is 199 Å². The molecule has 1 aliphatic rings. The number of halogens is 1. The van der Waals surface area contributed by atoms with E-state index >= 15 is 0 Å². The summed E-state index contributed by atoms with van der Waals surface area (Å²) in [7, 11) is 1.51. The first-order chi connectivity index (χ1) is 15.1. The Kier molecular flexibility index (Phi) is 10.4. The summed E-state index contributed by atoms with van der Waals surface area (Å²) in [6.07, 6.45) is 2.09. The van der Waals surface area contributed by atoms with Gasteiger partial charge in [-0.3, -0.25) is 8.75 Å². The predicted octanol–water partition coefficient (Wildman–Crippen LogP) is 4.67. The highest BCUT2D eigenvalue weighted by molar-refractivity contribution is 7.04. The molecule has 1 fully saturated rings. The largest absolute Gasteiger partial charge is 0.496 e. The van der Waals surface area contributed by atoms with Crippen LogP contribution in [-0.4, -0.2) is 49.5 Å². The Morgan fingerprint density at radius 1 is 1.22 bits per heavy atom. The van der Waals surface area contributed by atoms with Gasteiger partial charge in [0.15, 0.2) is 0 Å². The Morgan fingerprint density at radius 3 is 2.34 bits per heavy atom. The van der Waals surface area contributed by atoms with E-state index in [2.05, 4.69) is 29.7 Å². The minimum atomic E-state index is -0.391. The second kappa shape index (κ2) is 12.5. The smallest absolute Gasteiger partial charge is 0.282 e. The molecule has 1 aromatic heterocycles. The van der Waals surface area contributed by atoms with Gasteiger partial charge in [-0.15, -0.1) is 0 Å². The number of amides is 1. The van der Waals surface area contributed by atoms with E-state index in [9.17, 15) is 4.79 Å². The number of ether oxygens (including phenoxy) is 4. The molecule has 0 N–H and O–H groups in total. The maximum Gasteiger partial charge on any atom is 0.282 e. The maximum absolute atomic E-state index is 12.7. The summed E-state index contributed by atoms with van der Waals surface area (Å²) in [5.74, 6) is 0.0569. The van der Waals surface area contributed by atoms with Gasteiger partial charge in [-0.05, 0) is 64.4 Å². The van der Waals surface area contributed by atoms with Crippen LogP contribution in [0.4, 0.5) is 0 Å². The molecule has 3 rings (SSSR count). The number of nitrogens with zero attached hydrogens (tertiary/aromatic N) is 2. The SMILES string of the molecule is C1COCCO1.COc1ccc(Cl)cc1C(=O)N=c1sn(C(C)(C)C)cc1COC(C)C. The van der Waals surface area contributed by atoms with E-state index < -0.39 is 5.91 Å². The Balaban J connectivity index is 0.000000520. The summed E-state index contributed by atoms with van der Waals surface area (Å²) < 4.78 is 23.6. The molecule has 1 aromatic carbocycles. The molecule has 32 heavy (non-hydrogen) atoms.